The van der Waals surface area contributed by atoms with Crippen LogP contribution in [0.2, 0.25) is 10.0 Å². The molecule has 1 aliphatic rings. The van der Waals surface area contributed by atoms with Crippen molar-refractivity contribution in [1.82, 2.24) is 9.88 Å². The number of anilines is 1. The summed E-state index contributed by atoms with van der Waals surface area (Å²) in [6.45, 7) is 4.42. The molecule has 6 heteroatoms. The third-order valence-corrected chi connectivity index (χ3v) is 4.58. The van der Waals surface area contributed by atoms with E-state index < -0.39 is 5.95 Å². The number of rotatable bonds is 3. The van der Waals surface area contributed by atoms with Crippen LogP contribution in [0.1, 0.15) is 5.56 Å². The minimum atomic E-state index is -0.435. The Labute approximate surface area is 139 Å². The van der Waals surface area contributed by atoms with Crippen LogP contribution in [0.5, 0.6) is 0 Å². The Balaban J connectivity index is 1.58. The highest BCUT2D eigenvalue weighted by molar-refractivity contribution is 6.42. The predicted molar refractivity (Wildman–Crippen MR) is 88.1 cm³/mol. The summed E-state index contributed by atoms with van der Waals surface area (Å²) in [5.74, 6) is -0.435. The number of piperazine rings is 1. The van der Waals surface area contributed by atoms with E-state index in [4.69, 9.17) is 23.2 Å². The molecule has 1 aromatic carbocycles. The van der Waals surface area contributed by atoms with Gasteiger partial charge in [-0.05, 0) is 23.8 Å². The number of benzene rings is 1. The molecule has 1 fully saturated rings. The molecule has 0 amide bonds. The summed E-state index contributed by atoms with van der Waals surface area (Å²) in [6.07, 6.45) is 1.51. The zero-order chi connectivity index (χ0) is 15.5. The van der Waals surface area contributed by atoms with Crippen LogP contribution < -0.4 is 4.90 Å². The maximum absolute atomic E-state index is 13.2. The van der Waals surface area contributed by atoms with Crippen LogP contribution in [-0.2, 0) is 6.54 Å². The first-order valence-corrected chi connectivity index (χ1v) is 7.90. The molecule has 1 aliphatic heterocycles. The minimum Gasteiger partial charge on any atom is -0.369 e. The van der Waals surface area contributed by atoms with Crippen LogP contribution in [0.25, 0.3) is 0 Å². The Hall–Kier alpha value is -1.36. The van der Waals surface area contributed by atoms with Crippen molar-refractivity contribution in [3.05, 3.63) is 58.1 Å². The molecule has 22 heavy (non-hydrogen) atoms. The first-order chi connectivity index (χ1) is 10.6. The average Bonchev–Trinajstić information content (AvgIpc) is 2.52. The lowest BCUT2D eigenvalue weighted by Crippen LogP contribution is -2.46. The van der Waals surface area contributed by atoms with Gasteiger partial charge in [0.1, 0.15) is 0 Å². The van der Waals surface area contributed by atoms with Gasteiger partial charge in [0.25, 0.3) is 0 Å². The van der Waals surface area contributed by atoms with Gasteiger partial charge in [0.15, 0.2) is 0 Å². The van der Waals surface area contributed by atoms with E-state index in [9.17, 15) is 4.39 Å². The molecule has 1 aromatic heterocycles. The molecule has 2 heterocycles. The third-order valence-electron chi connectivity index (χ3n) is 3.84. The number of pyridine rings is 1. The second-order valence-electron chi connectivity index (χ2n) is 5.35. The van der Waals surface area contributed by atoms with Gasteiger partial charge in [-0.3, -0.25) is 4.90 Å². The van der Waals surface area contributed by atoms with Crippen molar-refractivity contribution in [3.63, 3.8) is 0 Å². The minimum absolute atomic E-state index is 0.435. The number of aromatic nitrogens is 1. The van der Waals surface area contributed by atoms with Crippen molar-refractivity contribution < 1.29 is 4.39 Å². The summed E-state index contributed by atoms with van der Waals surface area (Å²) in [5, 5.41) is 1.17. The number of halogens is 3. The molecule has 3 rings (SSSR count). The third kappa shape index (κ3) is 3.69. The van der Waals surface area contributed by atoms with Crippen LogP contribution in [0, 0.1) is 5.95 Å². The van der Waals surface area contributed by atoms with Gasteiger partial charge in [0.2, 0.25) is 5.95 Å². The SMILES string of the molecule is Fc1cc(N2CCN(Cc3ccc(Cl)c(Cl)c3)CC2)ccn1. The summed E-state index contributed by atoms with van der Waals surface area (Å²) < 4.78 is 13.2. The molecule has 0 spiro atoms. The average molecular weight is 340 g/mol. The van der Waals surface area contributed by atoms with Crippen molar-refractivity contribution in [1.29, 1.82) is 0 Å². The van der Waals surface area contributed by atoms with Crippen molar-refractivity contribution in [2.24, 2.45) is 0 Å². The van der Waals surface area contributed by atoms with Crippen LogP contribution >= 0.6 is 23.2 Å². The van der Waals surface area contributed by atoms with E-state index >= 15 is 0 Å². The van der Waals surface area contributed by atoms with E-state index in [2.05, 4.69) is 14.8 Å². The molecule has 2 aromatic rings. The molecule has 1 saturated heterocycles. The summed E-state index contributed by atoms with van der Waals surface area (Å²) in [7, 11) is 0. The van der Waals surface area contributed by atoms with Crippen molar-refractivity contribution in [2.45, 2.75) is 6.54 Å². The number of hydrogen-bond donors (Lipinski definition) is 0. The summed E-state index contributed by atoms with van der Waals surface area (Å²) >= 11 is 12.0. The lowest BCUT2D eigenvalue weighted by Gasteiger charge is -2.36. The van der Waals surface area contributed by atoms with Crippen LogP contribution in [0.3, 0.4) is 0 Å². The lowest BCUT2D eigenvalue weighted by molar-refractivity contribution is 0.250. The van der Waals surface area contributed by atoms with Crippen molar-refractivity contribution in [2.75, 3.05) is 31.1 Å². The monoisotopic (exact) mass is 339 g/mol. The van der Waals surface area contributed by atoms with E-state index in [0.29, 0.717) is 10.0 Å². The van der Waals surface area contributed by atoms with Gasteiger partial charge >= 0.3 is 0 Å². The summed E-state index contributed by atoms with van der Waals surface area (Å²) in [5.41, 5.74) is 2.04. The van der Waals surface area contributed by atoms with Crippen LogP contribution in [0.15, 0.2) is 36.5 Å². The number of nitrogens with zero attached hydrogens (tertiary/aromatic N) is 3. The molecule has 116 valence electrons. The van der Waals surface area contributed by atoms with E-state index in [1.165, 1.54) is 12.3 Å². The Kier molecular flexibility index (Phi) is 4.81. The fourth-order valence-electron chi connectivity index (χ4n) is 2.65. The number of hydrogen-bond acceptors (Lipinski definition) is 3. The highest BCUT2D eigenvalue weighted by atomic mass is 35.5. The highest BCUT2D eigenvalue weighted by Gasteiger charge is 2.18. The van der Waals surface area contributed by atoms with Gasteiger partial charge in [0, 0.05) is 50.7 Å². The predicted octanol–water partition coefficient (Wildman–Crippen LogP) is 3.85. The normalized spacial score (nSPS) is 16.0. The Morgan fingerprint density at radius 1 is 1.00 bits per heavy atom. The van der Waals surface area contributed by atoms with Crippen LogP contribution in [0.4, 0.5) is 10.1 Å². The van der Waals surface area contributed by atoms with Gasteiger partial charge in [0.05, 0.1) is 10.0 Å². The maximum Gasteiger partial charge on any atom is 0.214 e. The van der Waals surface area contributed by atoms with Gasteiger partial charge < -0.3 is 4.90 Å². The standard InChI is InChI=1S/C16H16Cl2FN3/c17-14-2-1-12(9-15(14)18)11-21-5-7-22(8-6-21)13-3-4-20-16(19)10-13/h1-4,9-10H,5-8,11H2. The lowest BCUT2D eigenvalue weighted by atomic mass is 10.2. The molecule has 0 aliphatic carbocycles. The van der Waals surface area contributed by atoms with Crippen LogP contribution in [-0.4, -0.2) is 36.1 Å². The van der Waals surface area contributed by atoms with E-state index in [-0.39, 0.29) is 0 Å². The second kappa shape index (κ2) is 6.82. The highest BCUT2D eigenvalue weighted by Crippen LogP contribution is 2.24. The Morgan fingerprint density at radius 2 is 1.77 bits per heavy atom. The molecule has 0 bridgehead atoms. The van der Waals surface area contributed by atoms with E-state index in [1.807, 2.05) is 24.3 Å². The second-order valence-corrected chi connectivity index (χ2v) is 6.16. The Morgan fingerprint density at radius 3 is 2.45 bits per heavy atom. The first kappa shape index (κ1) is 15.5. The van der Waals surface area contributed by atoms with E-state index in [0.717, 1.165) is 44.0 Å². The molecule has 3 nitrogen and oxygen atoms in total. The first-order valence-electron chi connectivity index (χ1n) is 7.14. The van der Waals surface area contributed by atoms with Crippen molar-refractivity contribution in [3.8, 4) is 0 Å². The fourth-order valence-corrected chi connectivity index (χ4v) is 2.97. The van der Waals surface area contributed by atoms with Gasteiger partial charge in [-0.2, -0.15) is 4.39 Å². The molecule has 0 atom stereocenters. The quantitative estimate of drug-likeness (QED) is 0.792. The fraction of sp³-hybridized carbons (Fsp3) is 0.312. The van der Waals surface area contributed by atoms with Gasteiger partial charge in [-0.25, -0.2) is 4.98 Å². The smallest absolute Gasteiger partial charge is 0.214 e. The topological polar surface area (TPSA) is 19.4 Å². The zero-order valence-electron chi connectivity index (χ0n) is 12.0. The molecule has 0 saturated carbocycles. The molecule has 0 unspecified atom stereocenters. The van der Waals surface area contributed by atoms with E-state index in [1.54, 1.807) is 0 Å². The summed E-state index contributed by atoms with van der Waals surface area (Å²) in [6, 6.07) is 9.06. The largest absolute Gasteiger partial charge is 0.369 e. The van der Waals surface area contributed by atoms with Crippen molar-refractivity contribution >= 4 is 28.9 Å². The van der Waals surface area contributed by atoms with Gasteiger partial charge in [-0.15, -0.1) is 0 Å². The Bertz CT molecular complexity index is 658. The molecule has 0 radical (unpaired) electrons. The van der Waals surface area contributed by atoms with Gasteiger partial charge in [-0.1, -0.05) is 29.3 Å². The zero-order valence-corrected chi connectivity index (χ0v) is 13.5. The molecular formula is C16H16Cl2FN3. The maximum atomic E-state index is 13.2. The molecule has 0 N–H and O–H groups in total. The summed E-state index contributed by atoms with van der Waals surface area (Å²) in [4.78, 5) is 8.13. The molecular weight excluding hydrogens is 324 g/mol.